The summed E-state index contributed by atoms with van der Waals surface area (Å²) in [5.41, 5.74) is 0.462. The van der Waals surface area contributed by atoms with E-state index in [1.54, 1.807) is 24.3 Å². The lowest BCUT2D eigenvalue weighted by atomic mass is 10.3. The molecule has 0 radical (unpaired) electrons. The molecule has 1 heterocycles. The molecule has 0 spiro atoms. The number of benzene rings is 1. The molecule has 0 fully saturated rings. The second-order valence-electron chi connectivity index (χ2n) is 3.39. The Morgan fingerprint density at radius 3 is 2.84 bits per heavy atom. The van der Waals surface area contributed by atoms with Gasteiger partial charge in [-0.15, -0.1) is 0 Å². The number of hydrogen-bond acceptors (Lipinski definition) is 5. The topological polar surface area (TPSA) is 73.3 Å². The predicted octanol–water partition coefficient (Wildman–Crippen LogP) is 3.10. The molecule has 7 heteroatoms. The number of hydrogen-bond donors (Lipinski definition) is 1. The molecule has 1 aromatic heterocycles. The van der Waals surface area contributed by atoms with Crippen LogP contribution >= 0.6 is 11.6 Å². The van der Waals surface area contributed by atoms with Gasteiger partial charge in [0.1, 0.15) is 11.5 Å². The number of nitrogens with one attached hydrogen (secondary N) is 1. The minimum Gasteiger partial charge on any atom is -0.453 e. The van der Waals surface area contributed by atoms with Gasteiger partial charge in [0.2, 0.25) is 5.88 Å². The molecule has 2 rings (SSSR count). The number of rotatable bonds is 3. The fraction of sp³-hybridized carbons (Fsp3) is 0.0833. The van der Waals surface area contributed by atoms with Crippen molar-refractivity contribution in [3.63, 3.8) is 0 Å². The molecule has 6 nitrogen and oxygen atoms in total. The number of carbonyl (C=O) groups is 1. The van der Waals surface area contributed by atoms with Gasteiger partial charge in [0.25, 0.3) is 0 Å². The SMILES string of the molecule is COC(=O)Nc1ccccc1Oc1cc(Cl)ncn1. The van der Waals surface area contributed by atoms with Gasteiger partial charge in [0, 0.05) is 6.07 Å². The maximum Gasteiger partial charge on any atom is 0.411 e. The Kier molecular flexibility index (Phi) is 4.15. The summed E-state index contributed by atoms with van der Waals surface area (Å²) in [5.74, 6) is 0.696. The van der Waals surface area contributed by atoms with E-state index in [9.17, 15) is 4.79 Å². The Hall–Kier alpha value is -2.34. The molecular weight excluding hydrogens is 270 g/mol. The van der Waals surface area contributed by atoms with Crippen LogP contribution in [0.3, 0.4) is 0 Å². The second-order valence-corrected chi connectivity index (χ2v) is 3.78. The molecule has 0 aliphatic heterocycles. The minimum atomic E-state index is -0.586. The van der Waals surface area contributed by atoms with Crippen molar-refractivity contribution in [2.24, 2.45) is 0 Å². The van der Waals surface area contributed by atoms with Crippen LogP contribution in [0.15, 0.2) is 36.7 Å². The average Bonchev–Trinajstić information content (AvgIpc) is 2.41. The average molecular weight is 280 g/mol. The molecule has 0 bridgehead atoms. The van der Waals surface area contributed by atoms with Gasteiger partial charge < -0.3 is 9.47 Å². The van der Waals surface area contributed by atoms with E-state index in [1.165, 1.54) is 19.5 Å². The standard InChI is InChI=1S/C12H10ClN3O3/c1-18-12(17)16-8-4-2-3-5-9(8)19-11-6-10(13)14-7-15-11/h2-7H,1H3,(H,16,17). The number of carbonyl (C=O) groups excluding carboxylic acids is 1. The fourth-order valence-electron chi connectivity index (χ4n) is 1.31. The summed E-state index contributed by atoms with van der Waals surface area (Å²) in [7, 11) is 1.28. The van der Waals surface area contributed by atoms with Crippen LogP contribution in [0.4, 0.5) is 10.5 Å². The van der Waals surface area contributed by atoms with Crippen LogP contribution in [0.5, 0.6) is 11.6 Å². The summed E-state index contributed by atoms with van der Waals surface area (Å²) < 4.78 is 10.1. The zero-order chi connectivity index (χ0) is 13.7. The molecule has 98 valence electrons. The van der Waals surface area contributed by atoms with Crippen molar-refractivity contribution in [3.8, 4) is 11.6 Å². The van der Waals surface area contributed by atoms with Gasteiger partial charge in [-0.2, -0.15) is 0 Å². The molecule has 0 saturated heterocycles. The summed E-state index contributed by atoms with van der Waals surface area (Å²) >= 11 is 5.74. The maximum atomic E-state index is 11.2. The van der Waals surface area contributed by atoms with Crippen molar-refractivity contribution >= 4 is 23.4 Å². The van der Waals surface area contributed by atoms with Gasteiger partial charge >= 0.3 is 6.09 Å². The Labute approximate surface area is 114 Å². The highest BCUT2D eigenvalue weighted by molar-refractivity contribution is 6.29. The summed E-state index contributed by atoms with van der Waals surface area (Å²) in [5, 5.41) is 2.80. The quantitative estimate of drug-likeness (QED) is 0.874. The number of anilines is 1. The number of halogens is 1. The highest BCUT2D eigenvalue weighted by Crippen LogP contribution is 2.28. The highest BCUT2D eigenvalue weighted by atomic mass is 35.5. The van der Waals surface area contributed by atoms with Crippen LogP contribution in [-0.4, -0.2) is 23.2 Å². The number of nitrogens with zero attached hydrogens (tertiary/aromatic N) is 2. The first-order valence-electron chi connectivity index (χ1n) is 5.28. The highest BCUT2D eigenvalue weighted by Gasteiger charge is 2.08. The Morgan fingerprint density at radius 1 is 1.32 bits per heavy atom. The van der Waals surface area contributed by atoms with Crippen molar-refractivity contribution in [3.05, 3.63) is 41.8 Å². The van der Waals surface area contributed by atoms with Crippen molar-refractivity contribution in [2.75, 3.05) is 12.4 Å². The lowest BCUT2D eigenvalue weighted by Gasteiger charge is -2.10. The Bertz CT molecular complexity index is 592. The first-order valence-corrected chi connectivity index (χ1v) is 5.66. The van der Waals surface area contributed by atoms with Crippen LogP contribution in [0.25, 0.3) is 0 Å². The summed E-state index contributed by atoms with van der Waals surface area (Å²) in [6.45, 7) is 0. The monoisotopic (exact) mass is 279 g/mol. The van der Waals surface area contributed by atoms with Crippen LogP contribution in [0, 0.1) is 0 Å². The first kappa shape index (κ1) is 13.1. The normalized spacial score (nSPS) is 9.79. The van der Waals surface area contributed by atoms with E-state index >= 15 is 0 Å². The lowest BCUT2D eigenvalue weighted by Crippen LogP contribution is -2.11. The molecule has 1 aromatic carbocycles. The molecule has 19 heavy (non-hydrogen) atoms. The molecule has 0 aliphatic rings. The Balaban J connectivity index is 2.22. The second kappa shape index (κ2) is 6.01. The molecule has 0 saturated carbocycles. The van der Waals surface area contributed by atoms with E-state index < -0.39 is 6.09 Å². The van der Waals surface area contributed by atoms with Crippen molar-refractivity contribution < 1.29 is 14.3 Å². The van der Waals surface area contributed by atoms with Gasteiger partial charge in [0.05, 0.1) is 12.8 Å². The van der Waals surface area contributed by atoms with E-state index in [4.69, 9.17) is 16.3 Å². The summed E-state index contributed by atoms with van der Waals surface area (Å²) in [6.07, 6.45) is 0.699. The zero-order valence-corrected chi connectivity index (χ0v) is 10.7. The maximum absolute atomic E-state index is 11.2. The number of ether oxygens (including phenoxy) is 2. The van der Waals surface area contributed by atoms with E-state index in [2.05, 4.69) is 20.0 Å². The number of amides is 1. The van der Waals surface area contributed by atoms with E-state index in [0.29, 0.717) is 11.4 Å². The van der Waals surface area contributed by atoms with Gasteiger partial charge in [0.15, 0.2) is 5.75 Å². The van der Waals surface area contributed by atoms with E-state index in [0.717, 1.165) is 0 Å². The number of para-hydroxylation sites is 2. The van der Waals surface area contributed by atoms with Crippen molar-refractivity contribution in [2.45, 2.75) is 0 Å². The number of aromatic nitrogens is 2. The summed E-state index contributed by atoms with van der Waals surface area (Å²) in [4.78, 5) is 18.9. The summed E-state index contributed by atoms with van der Waals surface area (Å²) in [6, 6.07) is 8.35. The van der Waals surface area contributed by atoms with Crippen LogP contribution < -0.4 is 10.1 Å². The van der Waals surface area contributed by atoms with Gasteiger partial charge in [-0.3, -0.25) is 5.32 Å². The number of methoxy groups -OCH3 is 1. The zero-order valence-electron chi connectivity index (χ0n) is 9.96. The Morgan fingerprint density at radius 2 is 2.11 bits per heavy atom. The first-order chi connectivity index (χ1) is 9.19. The van der Waals surface area contributed by atoms with Crippen molar-refractivity contribution in [1.82, 2.24) is 9.97 Å². The fourth-order valence-corrected chi connectivity index (χ4v) is 1.44. The van der Waals surface area contributed by atoms with Crippen molar-refractivity contribution in [1.29, 1.82) is 0 Å². The lowest BCUT2D eigenvalue weighted by molar-refractivity contribution is 0.187. The van der Waals surface area contributed by atoms with Crippen LogP contribution in [0.1, 0.15) is 0 Å². The smallest absolute Gasteiger partial charge is 0.411 e. The molecule has 2 aromatic rings. The predicted molar refractivity (Wildman–Crippen MR) is 69.6 cm³/mol. The molecule has 0 aliphatic carbocycles. The van der Waals surface area contributed by atoms with Gasteiger partial charge in [-0.1, -0.05) is 23.7 Å². The third-order valence-corrected chi connectivity index (χ3v) is 2.34. The molecule has 0 atom stereocenters. The molecule has 1 amide bonds. The van der Waals surface area contributed by atoms with Gasteiger partial charge in [-0.05, 0) is 12.1 Å². The third kappa shape index (κ3) is 3.56. The molecule has 0 unspecified atom stereocenters. The largest absolute Gasteiger partial charge is 0.453 e. The van der Waals surface area contributed by atoms with E-state index in [-0.39, 0.29) is 11.0 Å². The minimum absolute atomic E-state index is 0.267. The molecule has 1 N–H and O–H groups in total. The van der Waals surface area contributed by atoms with Crippen LogP contribution in [0.2, 0.25) is 5.15 Å². The van der Waals surface area contributed by atoms with E-state index in [1.807, 2.05) is 0 Å². The van der Waals surface area contributed by atoms with Gasteiger partial charge in [-0.25, -0.2) is 14.8 Å². The third-order valence-electron chi connectivity index (χ3n) is 2.13. The molecular formula is C12H10ClN3O3. The van der Waals surface area contributed by atoms with Crippen LogP contribution in [-0.2, 0) is 4.74 Å².